The third-order valence-corrected chi connectivity index (χ3v) is 5.84. The van der Waals surface area contributed by atoms with Crippen molar-refractivity contribution in [3.63, 3.8) is 0 Å². The van der Waals surface area contributed by atoms with E-state index in [1.807, 2.05) is 0 Å². The van der Waals surface area contributed by atoms with E-state index in [9.17, 15) is 14.0 Å². The second kappa shape index (κ2) is 10.6. The molecule has 30 heavy (non-hydrogen) atoms. The molecule has 2 N–H and O–H groups in total. The van der Waals surface area contributed by atoms with Crippen molar-refractivity contribution in [3.8, 4) is 5.75 Å². The molecule has 7 nitrogen and oxygen atoms in total. The average molecular weight is 487 g/mol. The summed E-state index contributed by atoms with van der Waals surface area (Å²) in [6.07, 6.45) is 0. The Balaban J connectivity index is 1.44. The number of anilines is 2. The van der Waals surface area contributed by atoms with E-state index in [2.05, 4.69) is 20.8 Å². The Morgan fingerprint density at radius 1 is 1.10 bits per heavy atom. The zero-order valence-electron chi connectivity index (χ0n) is 15.0. The van der Waals surface area contributed by atoms with Crippen LogP contribution in [0.1, 0.15) is 0 Å². The molecule has 3 aromatic rings. The molecular weight excluding hydrogens is 474 g/mol. The first-order valence-corrected chi connectivity index (χ1v) is 10.8. The van der Waals surface area contributed by atoms with Crippen molar-refractivity contribution in [2.45, 2.75) is 4.34 Å². The van der Waals surface area contributed by atoms with Gasteiger partial charge in [-0.2, -0.15) is 0 Å². The van der Waals surface area contributed by atoms with Crippen molar-refractivity contribution in [2.24, 2.45) is 0 Å². The SMILES string of the molecule is O=C(CSc1nnc(NC(=O)COc2ccc(Cl)cc2Cl)s1)Nc1cccc(F)c1. The number of rotatable bonds is 8. The van der Waals surface area contributed by atoms with Gasteiger partial charge < -0.3 is 10.1 Å². The first kappa shape index (κ1) is 22.3. The highest BCUT2D eigenvalue weighted by Gasteiger charge is 2.12. The topological polar surface area (TPSA) is 93.2 Å². The molecule has 2 aromatic carbocycles. The minimum atomic E-state index is -0.447. The highest BCUT2D eigenvalue weighted by Crippen LogP contribution is 2.28. The maximum Gasteiger partial charge on any atom is 0.264 e. The molecule has 1 heterocycles. The number of nitrogens with one attached hydrogen (secondary N) is 2. The van der Waals surface area contributed by atoms with Gasteiger partial charge >= 0.3 is 0 Å². The Kier molecular flexibility index (Phi) is 7.86. The summed E-state index contributed by atoms with van der Waals surface area (Å²) in [6.45, 7) is -0.278. The van der Waals surface area contributed by atoms with Gasteiger partial charge in [0.25, 0.3) is 5.91 Å². The summed E-state index contributed by atoms with van der Waals surface area (Å²) in [5.74, 6) is -0.824. The number of benzene rings is 2. The van der Waals surface area contributed by atoms with E-state index in [1.165, 1.54) is 24.3 Å². The van der Waals surface area contributed by atoms with E-state index >= 15 is 0 Å². The zero-order chi connectivity index (χ0) is 21.5. The molecule has 2 amide bonds. The Hall–Kier alpha value is -2.40. The standard InChI is InChI=1S/C18H13Cl2FN4O3S2/c19-10-4-5-14(13(20)6-10)28-8-15(26)23-17-24-25-18(30-17)29-9-16(27)22-12-3-1-2-11(21)7-12/h1-7H,8-9H2,(H,22,27)(H,23,24,26). The Bertz CT molecular complexity index is 1070. The van der Waals surface area contributed by atoms with Crippen molar-refractivity contribution in [1.29, 1.82) is 0 Å². The van der Waals surface area contributed by atoms with Crippen LogP contribution in [0.2, 0.25) is 10.0 Å². The van der Waals surface area contributed by atoms with Crippen LogP contribution in [-0.2, 0) is 9.59 Å². The van der Waals surface area contributed by atoms with Crippen LogP contribution in [-0.4, -0.2) is 34.4 Å². The molecule has 0 atom stereocenters. The molecule has 0 radical (unpaired) electrons. The first-order valence-electron chi connectivity index (χ1n) is 8.28. The lowest BCUT2D eigenvalue weighted by atomic mass is 10.3. The van der Waals surface area contributed by atoms with Gasteiger partial charge in [-0.15, -0.1) is 10.2 Å². The lowest BCUT2D eigenvalue weighted by Gasteiger charge is -2.07. The third kappa shape index (κ3) is 6.84. The number of ether oxygens (including phenoxy) is 1. The van der Waals surface area contributed by atoms with E-state index in [0.29, 0.717) is 25.8 Å². The van der Waals surface area contributed by atoms with Crippen LogP contribution < -0.4 is 15.4 Å². The monoisotopic (exact) mass is 486 g/mol. The van der Waals surface area contributed by atoms with Crippen LogP contribution in [0.5, 0.6) is 5.75 Å². The van der Waals surface area contributed by atoms with Crippen molar-refractivity contribution in [1.82, 2.24) is 10.2 Å². The van der Waals surface area contributed by atoms with Crippen molar-refractivity contribution >= 4 is 68.9 Å². The van der Waals surface area contributed by atoms with E-state index in [-0.39, 0.29) is 23.4 Å². The van der Waals surface area contributed by atoms with Gasteiger partial charge in [0.05, 0.1) is 10.8 Å². The smallest absolute Gasteiger partial charge is 0.264 e. The van der Waals surface area contributed by atoms with E-state index in [0.717, 1.165) is 23.1 Å². The van der Waals surface area contributed by atoms with Crippen molar-refractivity contribution < 1.29 is 18.7 Å². The number of halogens is 3. The van der Waals surface area contributed by atoms with Gasteiger partial charge in [-0.3, -0.25) is 14.9 Å². The highest BCUT2D eigenvalue weighted by atomic mass is 35.5. The highest BCUT2D eigenvalue weighted by molar-refractivity contribution is 8.01. The summed E-state index contributed by atoms with van der Waals surface area (Å²) in [4.78, 5) is 23.9. The molecule has 0 saturated heterocycles. The van der Waals surface area contributed by atoms with Crippen LogP contribution in [0, 0.1) is 5.82 Å². The summed E-state index contributed by atoms with van der Waals surface area (Å²) in [7, 11) is 0. The molecule has 0 spiro atoms. The zero-order valence-corrected chi connectivity index (χ0v) is 18.2. The molecule has 0 fully saturated rings. The predicted octanol–water partition coefficient (Wildman–Crippen LogP) is 4.73. The first-order chi connectivity index (χ1) is 14.4. The quantitative estimate of drug-likeness (QED) is 0.353. The molecular formula is C18H13Cl2FN4O3S2. The van der Waals surface area contributed by atoms with Crippen LogP contribution in [0.3, 0.4) is 0 Å². The van der Waals surface area contributed by atoms with Gasteiger partial charge in [-0.05, 0) is 36.4 Å². The van der Waals surface area contributed by atoms with Crippen molar-refractivity contribution in [3.05, 3.63) is 58.3 Å². The van der Waals surface area contributed by atoms with Crippen LogP contribution in [0.25, 0.3) is 0 Å². The van der Waals surface area contributed by atoms with Crippen LogP contribution >= 0.6 is 46.3 Å². The summed E-state index contributed by atoms with van der Waals surface area (Å²) in [6, 6.07) is 10.3. The molecule has 1 aromatic heterocycles. The number of amides is 2. The van der Waals surface area contributed by atoms with Gasteiger partial charge in [-0.25, -0.2) is 4.39 Å². The summed E-state index contributed by atoms with van der Waals surface area (Å²) in [5, 5.41) is 13.9. The maximum absolute atomic E-state index is 13.1. The van der Waals surface area contributed by atoms with E-state index < -0.39 is 11.7 Å². The molecule has 0 bridgehead atoms. The lowest BCUT2D eigenvalue weighted by Crippen LogP contribution is -2.20. The molecule has 0 aliphatic rings. The lowest BCUT2D eigenvalue weighted by molar-refractivity contribution is -0.118. The number of hydrogen-bond acceptors (Lipinski definition) is 7. The fraction of sp³-hybridized carbons (Fsp3) is 0.111. The molecule has 0 saturated carbocycles. The number of carbonyl (C=O) groups is 2. The van der Waals surface area contributed by atoms with Gasteiger partial charge in [0.1, 0.15) is 11.6 Å². The maximum atomic E-state index is 13.1. The summed E-state index contributed by atoms with van der Waals surface area (Å²) >= 11 is 14.0. The minimum Gasteiger partial charge on any atom is -0.482 e. The van der Waals surface area contributed by atoms with Gasteiger partial charge in [0.2, 0.25) is 11.0 Å². The third-order valence-electron chi connectivity index (χ3n) is 3.34. The fourth-order valence-corrected chi connectivity index (χ4v) is 4.13. The Morgan fingerprint density at radius 3 is 2.70 bits per heavy atom. The number of hydrogen-bond donors (Lipinski definition) is 2. The molecule has 0 aliphatic carbocycles. The van der Waals surface area contributed by atoms with Crippen LogP contribution in [0.15, 0.2) is 46.8 Å². The fourth-order valence-electron chi connectivity index (χ4n) is 2.10. The average Bonchev–Trinajstić information content (AvgIpc) is 3.13. The number of aromatic nitrogens is 2. The predicted molar refractivity (Wildman–Crippen MR) is 116 cm³/mol. The molecule has 0 unspecified atom stereocenters. The Morgan fingerprint density at radius 2 is 1.93 bits per heavy atom. The van der Waals surface area contributed by atoms with Gasteiger partial charge in [0.15, 0.2) is 10.9 Å². The van der Waals surface area contributed by atoms with Gasteiger partial charge in [0, 0.05) is 10.7 Å². The normalized spacial score (nSPS) is 10.5. The summed E-state index contributed by atoms with van der Waals surface area (Å²) in [5.41, 5.74) is 0.367. The second-order valence-electron chi connectivity index (χ2n) is 5.63. The molecule has 12 heteroatoms. The van der Waals surface area contributed by atoms with E-state index in [1.54, 1.807) is 18.2 Å². The summed E-state index contributed by atoms with van der Waals surface area (Å²) < 4.78 is 19.0. The van der Waals surface area contributed by atoms with Crippen molar-refractivity contribution in [2.75, 3.05) is 23.0 Å². The minimum absolute atomic E-state index is 0.0528. The molecule has 0 aliphatic heterocycles. The number of thioether (sulfide) groups is 1. The Labute approximate surface area is 188 Å². The second-order valence-corrected chi connectivity index (χ2v) is 8.68. The number of nitrogens with zero attached hydrogens (tertiary/aromatic N) is 2. The largest absolute Gasteiger partial charge is 0.482 e. The molecule has 156 valence electrons. The van der Waals surface area contributed by atoms with Crippen LogP contribution in [0.4, 0.5) is 15.2 Å². The van der Waals surface area contributed by atoms with E-state index in [4.69, 9.17) is 27.9 Å². The molecule has 3 rings (SSSR count). The van der Waals surface area contributed by atoms with Gasteiger partial charge in [-0.1, -0.05) is 52.4 Å². The number of carbonyl (C=O) groups excluding carboxylic acids is 2.